The molecule has 1 saturated heterocycles. The Kier molecular flexibility index (Phi) is 6.08. The van der Waals surface area contributed by atoms with Crippen LogP contribution in [0.5, 0.6) is 5.75 Å². The average molecular weight is 425 g/mol. The van der Waals surface area contributed by atoms with Gasteiger partial charge in [-0.15, -0.1) is 0 Å². The van der Waals surface area contributed by atoms with E-state index >= 15 is 0 Å². The molecule has 2 aromatic rings. The summed E-state index contributed by atoms with van der Waals surface area (Å²) >= 11 is 0. The van der Waals surface area contributed by atoms with Gasteiger partial charge >= 0.3 is 0 Å². The fraction of sp³-hybridized carbons (Fsp3) is 0.435. The van der Waals surface area contributed by atoms with Crippen molar-refractivity contribution in [1.82, 2.24) is 15.2 Å². The molecule has 1 aromatic heterocycles. The molecular weight excluding hydrogens is 396 g/mol. The SMILES string of the molecule is COc1cccc(C(=O)N/N=C2\CCCc3oc(C(=O)N4CCN(C)CC4)c(C)c32)c1. The molecular formula is C23H28N4O4. The number of amides is 2. The van der Waals surface area contributed by atoms with Crippen LogP contribution in [0.3, 0.4) is 0 Å². The minimum Gasteiger partial charge on any atom is -0.497 e. The molecule has 0 bridgehead atoms. The summed E-state index contributed by atoms with van der Waals surface area (Å²) in [4.78, 5) is 29.6. The lowest BCUT2D eigenvalue weighted by atomic mass is 9.93. The van der Waals surface area contributed by atoms with E-state index in [4.69, 9.17) is 9.15 Å². The third-order valence-electron chi connectivity index (χ3n) is 5.93. The molecule has 0 spiro atoms. The maximum Gasteiger partial charge on any atom is 0.289 e. The number of hydrogen-bond donors (Lipinski definition) is 1. The Labute approximate surface area is 181 Å². The maximum absolute atomic E-state index is 13.1. The molecule has 1 fully saturated rings. The van der Waals surface area contributed by atoms with E-state index in [1.807, 2.05) is 11.8 Å². The van der Waals surface area contributed by atoms with E-state index in [9.17, 15) is 9.59 Å². The number of nitrogens with one attached hydrogen (secondary N) is 1. The number of benzene rings is 1. The fourth-order valence-electron chi connectivity index (χ4n) is 4.08. The van der Waals surface area contributed by atoms with Crippen LogP contribution >= 0.6 is 0 Å². The van der Waals surface area contributed by atoms with Crippen LogP contribution in [0.2, 0.25) is 0 Å². The van der Waals surface area contributed by atoms with Crippen molar-refractivity contribution in [3.63, 3.8) is 0 Å². The second-order valence-electron chi connectivity index (χ2n) is 8.03. The highest BCUT2D eigenvalue weighted by Gasteiger charge is 2.31. The number of ether oxygens (including phenoxy) is 1. The summed E-state index contributed by atoms with van der Waals surface area (Å²) in [5.41, 5.74) is 5.51. The highest BCUT2D eigenvalue weighted by Crippen LogP contribution is 2.30. The molecule has 0 unspecified atom stereocenters. The summed E-state index contributed by atoms with van der Waals surface area (Å²) in [6.45, 7) is 4.99. The van der Waals surface area contributed by atoms with Crippen LogP contribution < -0.4 is 10.2 Å². The molecule has 8 heteroatoms. The monoisotopic (exact) mass is 424 g/mol. The number of furan rings is 1. The quantitative estimate of drug-likeness (QED) is 0.762. The number of carbonyl (C=O) groups excluding carboxylic acids is 2. The van der Waals surface area contributed by atoms with Crippen molar-refractivity contribution in [2.45, 2.75) is 26.2 Å². The van der Waals surface area contributed by atoms with Gasteiger partial charge < -0.3 is 19.0 Å². The molecule has 31 heavy (non-hydrogen) atoms. The van der Waals surface area contributed by atoms with Crippen LogP contribution in [-0.4, -0.2) is 67.7 Å². The summed E-state index contributed by atoms with van der Waals surface area (Å²) < 4.78 is 11.2. The zero-order valence-corrected chi connectivity index (χ0v) is 18.2. The number of nitrogens with zero attached hydrogens (tertiary/aromatic N) is 3. The van der Waals surface area contributed by atoms with Crippen molar-refractivity contribution in [2.24, 2.45) is 5.10 Å². The average Bonchev–Trinajstić information content (AvgIpc) is 3.14. The van der Waals surface area contributed by atoms with Gasteiger partial charge in [0.25, 0.3) is 11.8 Å². The van der Waals surface area contributed by atoms with Gasteiger partial charge in [0.05, 0.1) is 12.8 Å². The highest BCUT2D eigenvalue weighted by molar-refractivity contribution is 6.07. The molecule has 0 saturated carbocycles. The summed E-state index contributed by atoms with van der Waals surface area (Å²) in [6.07, 6.45) is 2.33. The maximum atomic E-state index is 13.1. The Bertz CT molecular complexity index is 1020. The smallest absolute Gasteiger partial charge is 0.289 e. The largest absolute Gasteiger partial charge is 0.497 e. The van der Waals surface area contributed by atoms with E-state index in [1.54, 1.807) is 31.4 Å². The van der Waals surface area contributed by atoms with Crippen molar-refractivity contribution < 1.29 is 18.7 Å². The van der Waals surface area contributed by atoms with Crippen molar-refractivity contribution in [3.8, 4) is 5.75 Å². The number of hydrogen-bond acceptors (Lipinski definition) is 6. The van der Waals surface area contributed by atoms with Gasteiger partial charge in [0.15, 0.2) is 5.76 Å². The van der Waals surface area contributed by atoms with Gasteiger partial charge in [-0.3, -0.25) is 9.59 Å². The van der Waals surface area contributed by atoms with Crippen molar-refractivity contribution in [2.75, 3.05) is 40.3 Å². The number of piperazine rings is 1. The van der Waals surface area contributed by atoms with Crippen LogP contribution in [0.1, 0.15) is 50.6 Å². The predicted molar refractivity (Wildman–Crippen MR) is 117 cm³/mol. The first-order chi connectivity index (χ1) is 15.0. The van der Waals surface area contributed by atoms with Gasteiger partial charge in [0.2, 0.25) is 0 Å². The van der Waals surface area contributed by atoms with Gasteiger partial charge in [-0.05, 0) is 45.0 Å². The number of hydrazone groups is 1. The van der Waals surface area contributed by atoms with Gasteiger partial charge in [-0.25, -0.2) is 5.43 Å². The topological polar surface area (TPSA) is 87.4 Å². The van der Waals surface area contributed by atoms with Crippen LogP contribution in [0, 0.1) is 6.92 Å². The van der Waals surface area contributed by atoms with Crippen molar-refractivity contribution in [3.05, 3.63) is 52.5 Å². The highest BCUT2D eigenvalue weighted by atomic mass is 16.5. The Hall–Kier alpha value is -3.13. The van der Waals surface area contributed by atoms with E-state index in [1.165, 1.54) is 0 Å². The molecule has 2 heterocycles. The summed E-state index contributed by atoms with van der Waals surface area (Å²) in [6, 6.07) is 6.91. The molecule has 164 valence electrons. The lowest BCUT2D eigenvalue weighted by Gasteiger charge is -2.31. The lowest BCUT2D eigenvalue weighted by Crippen LogP contribution is -2.47. The summed E-state index contributed by atoms with van der Waals surface area (Å²) in [5.74, 6) is 1.39. The van der Waals surface area contributed by atoms with Crippen molar-refractivity contribution >= 4 is 17.5 Å². The number of carbonyl (C=O) groups is 2. The Morgan fingerprint density at radius 1 is 1.16 bits per heavy atom. The van der Waals surface area contributed by atoms with Crippen LogP contribution in [0.15, 0.2) is 33.8 Å². The van der Waals surface area contributed by atoms with Crippen LogP contribution in [0.25, 0.3) is 0 Å². The first kappa shape index (κ1) is 21.1. The number of likely N-dealkylation sites (N-methyl/N-ethyl adjacent to an activating group) is 1. The number of fused-ring (bicyclic) bond motifs is 1. The Morgan fingerprint density at radius 2 is 1.94 bits per heavy atom. The lowest BCUT2D eigenvalue weighted by molar-refractivity contribution is 0.0629. The molecule has 0 atom stereocenters. The molecule has 0 radical (unpaired) electrons. The fourth-order valence-corrected chi connectivity index (χ4v) is 4.08. The normalized spacial score (nSPS) is 18.0. The molecule has 1 N–H and O–H groups in total. The molecule has 2 aliphatic rings. The van der Waals surface area contributed by atoms with E-state index in [-0.39, 0.29) is 11.8 Å². The predicted octanol–water partition coefficient (Wildman–Crippen LogP) is 2.45. The first-order valence-corrected chi connectivity index (χ1v) is 10.6. The molecule has 2 amide bonds. The van der Waals surface area contributed by atoms with Gasteiger partial charge in [-0.1, -0.05) is 6.07 Å². The van der Waals surface area contributed by atoms with Gasteiger partial charge in [-0.2, -0.15) is 5.10 Å². The molecule has 1 aliphatic carbocycles. The molecule has 1 aliphatic heterocycles. The first-order valence-electron chi connectivity index (χ1n) is 10.6. The zero-order chi connectivity index (χ0) is 22.0. The van der Waals surface area contributed by atoms with E-state index in [0.717, 1.165) is 48.5 Å². The Balaban J connectivity index is 1.55. The third-order valence-corrected chi connectivity index (χ3v) is 5.93. The zero-order valence-electron chi connectivity index (χ0n) is 18.2. The van der Waals surface area contributed by atoms with Crippen molar-refractivity contribution in [1.29, 1.82) is 0 Å². The standard InChI is InChI=1S/C23H28N4O4/c1-15-20-18(24-25-22(28)16-6-4-7-17(14-16)30-3)8-5-9-19(20)31-21(15)23(29)27-12-10-26(2)11-13-27/h4,6-7,14H,5,8-13H2,1-3H3,(H,25,28)/b24-18+. The number of rotatable bonds is 4. The van der Waals surface area contributed by atoms with Crippen LogP contribution in [-0.2, 0) is 6.42 Å². The summed E-state index contributed by atoms with van der Waals surface area (Å²) in [7, 11) is 3.62. The third kappa shape index (κ3) is 4.34. The second kappa shape index (κ2) is 8.93. The molecule has 4 rings (SSSR count). The van der Waals surface area contributed by atoms with Gasteiger partial charge in [0, 0.05) is 49.3 Å². The minimum absolute atomic E-state index is 0.0697. The molecule has 8 nitrogen and oxygen atoms in total. The minimum atomic E-state index is -0.312. The van der Waals surface area contributed by atoms with Crippen LogP contribution in [0.4, 0.5) is 0 Å². The van der Waals surface area contributed by atoms with E-state index in [0.29, 0.717) is 36.6 Å². The molecule has 1 aromatic carbocycles. The number of methoxy groups -OCH3 is 1. The van der Waals surface area contributed by atoms with Gasteiger partial charge in [0.1, 0.15) is 11.5 Å². The number of aryl methyl sites for hydroxylation is 1. The van der Waals surface area contributed by atoms with E-state index < -0.39 is 0 Å². The summed E-state index contributed by atoms with van der Waals surface area (Å²) in [5, 5.41) is 4.40. The van der Waals surface area contributed by atoms with E-state index in [2.05, 4.69) is 22.5 Å². The Morgan fingerprint density at radius 3 is 2.68 bits per heavy atom. The second-order valence-corrected chi connectivity index (χ2v) is 8.03.